The van der Waals surface area contributed by atoms with Crippen LogP contribution in [0.15, 0.2) is 18.2 Å². The zero-order valence-electron chi connectivity index (χ0n) is 11.8. The summed E-state index contributed by atoms with van der Waals surface area (Å²) in [5.41, 5.74) is 4.05. The van der Waals surface area contributed by atoms with Crippen LogP contribution < -0.4 is 4.90 Å². The summed E-state index contributed by atoms with van der Waals surface area (Å²) in [6.07, 6.45) is 0. The van der Waals surface area contributed by atoms with Crippen molar-refractivity contribution in [3.05, 3.63) is 29.3 Å². The van der Waals surface area contributed by atoms with Gasteiger partial charge >= 0.3 is 0 Å². The van der Waals surface area contributed by atoms with Gasteiger partial charge in [-0.05, 0) is 39.4 Å². The molecule has 0 atom stereocenters. The topological polar surface area (TPSA) is 6.48 Å². The Kier molecular flexibility index (Phi) is 3.88. The van der Waals surface area contributed by atoms with Crippen molar-refractivity contribution >= 4 is 17.3 Å². The van der Waals surface area contributed by atoms with Gasteiger partial charge in [0.2, 0.25) is 0 Å². The molecule has 2 nitrogen and oxygen atoms in total. The van der Waals surface area contributed by atoms with E-state index in [0.29, 0.717) is 5.88 Å². The minimum atomic E-state index is 0.215. The molecule has 1 aliphatic rings. The summed E-state index contributed by atoms with van der Waals surface area (Å²) in [5, 5.41) is 0. The molecule has 0 unspecified atom stereocenters. The molecule has 0 aliphatic carbocycles. The third-order valence-electron chi connectivity index (χ3n) is 4.04. The highest BCUT2D eigenvalue weighted by Crippen LogP contribution is 2.28. The first-order valence-corrected chi connectivity index (χ1v) is 7.09. The lowest BCUT2D eigenvalue weighted by atomic mass is 9.98. The quantitative estimate of drug-likeness (QED) is 0.758. The van der Waals surface area contributed by atoms with Gasteiger partial charge in [-0.1, -0.05) is 17.7 Å². The van der Waals surface area contributed by atoms with Crippen molar-refractivity contribution in [2.75, 3.05) is 31.6 Å². The molecule has 0 amide bonds. The van der Waals surface area contributed by atoms with Crippen LogP contribution in [0.3, 0.4) is 0 Å². The van der Waals surface area contributed by atoms with Crippen molar-refractivity contribution in [2.45, 2.75) is 32.2 Å². The number of benzene rings is 1. The van der Waals surface area contributed by atoms with Gasteiger partial charge in [-0.15, -0.1) is 11.6 Å². The maximum atomic E-state index is 6.09. The maximum absolute atomic E-state index is 6.09. The highest BCUT2D eigenvalue weighted by atomic mass is 35.5. The molecule has 0 N–H and O–H groups in total. The molecule has 0 radical (unpaired) electrons. The van der Waals surface area contributed by atoms with E-state index in [1.54, 1.807) is 0 Å². The predicted molar refractivity (Wildman–Crippen MR) is 79.7 cm³/mol. The van der Waals surface area contributed by atoms with Gasteiger partial charge in [-0.3, -0.25) is 4.90 Å². The Morgan fingerprint density at radius 1 is 1.28 bits per heavy atom. The average molecular weight is 267 g/mol. The zero-order chi connectivity index (χ0) is 13.3. The number of piperazine rings is 1. The fourth-order valence-corrected chi connectivity index (χ4v) is 2.79. The van der Waals surface area contributed by atoms with E-state index in [9.17, 15) is 0 Å². The number of aryl methyl sites for hydroxylation is 1. The molecule has 18 heavy (non-hydrogen) atoms. The molecule has 3 heteroatoms. The van der Waals surface area contributed by atoms with Crippen molar-refractivity contribution in [2.24, 2.45) is 0 Å². The van der Waals surface area contributed by atoms with E-state index >= 15 is 0 Å². The second-order valence-corrected chi connectivity index (χ2v) is 6.19. The SMILES string of the molecule is Cc1ccc(N2CCN(C)C(C)(C)C2)c(CCl)c1. The molecule has 1 aliphatic heterocycles. The number of nitrogens with zero attached hydrogens (tertiary/aromatic N) is 2. The van der Waals surface area contributed by atoms with Crippen LogP contribution in [0.1, 0.15) is 25.0 Å². The number of alkyl halides is 1. The third-order valence-corrected chi connectivity index (χ3v) is 4.32. The number of hydrogen-bond donors (Lipinski definition) is 0. The summed E-state index contributed by atoms with van der Waals surface area (Å²) in [5.74, 6) is 0.587. The number of hydrogen-bond acceptors (Lipinski definition) is 2. The van der Waals surface area contributed by atoms with E-state index < -0.39 is 0 Å². The predicted octanol–water partition coefficient (Wildman–Crippen LogP) is 3.26. The normalized spacial score (nSPS) is 20.2. The Morgan fingerprint density at radius 3 is 2.61 bits per heavy atom. The van der Waals surface area contributed by atoms with Crippen LogP contribution in [0.5, 0.6) is 0 Å². The van der Waals surface area contributed by atoms with E-state index in [-0.39, 0.29) is 5.54 Å². The lowest BCUT2D eigenvalue weighted by molar-refractivity contribution is 0.139. The van der Waals surface area contributed by atoms with Crippen molar-refractivity contribution in [3.63, 3.8) is 0 Å². The second kappa shape index (κ2) is 5.10. The Bertz CT molecular complexity index is 429. The van der Waals surface area contributed by atoms with Crippen molar-refractivity contribution in [1.29, 1.82) is 0 Å². The van der Waals surface area contributed by atoms with E-state index in [1.807, 2.05) is 0 Å². The minimum Gasteiger partial charge on any atom is -0.368 e. The largest absolute Gasteiger partial charge is 0.368 e. The van der Waals surface area contributed by atoms with Crippen molar-refractivity contribution in [1.82, 2.24) is 4.90 Å². The monoisotopic (exact) mass is 266 g/mol. The van der Waals surface area contributed by atoms with Crippen LogP contribution in [-0.2, 0) is 5.88 Å². The molecule has 1 aromatic rings. The molecule has 1 fully saturated rings. The first-order chi connectivity index (χ1) is 8.44. The number of halogens is 1. The van der Waals surface area contributed by atoms with Crippen LogP contribution in [0.4, 0.5) is 5.69 Å². The average Bonchev–Trinajstić information content (AvgIpc) is 2.32. The van der Waals surface area contributed by atoms with Crippen LogP contribution in [0, 0.1) is 6.92 Å². The van der Waals surface area contributed by atoms with Gasteiger partial charge in [0.15, 0.2) is 0 Å². The fraction of sp³-hybridized carbons (Fsp3) is 0.600. The lowest BCUT2D eigenvalue weighted by Gasteiger charge is -2.46. The number of rotatable bonds is 2. The van der Waals surface area contributed by atoms with Gasteiger partial charge in [0, 0.05) is 36.7 Å². The molecule has 100 valence electrons. The summed E-state index contributed by atoms with van der Waals surface area (Å²) >= 11 is 6.09. The molecule has 2 rings (SSSR count). The lowest BCUT2D eigenvalue weighted by Crippen LogP contribution is -2.57. The highest BCUT2D eigenvalue weighted by molar-refractivity contribution is 6.17. The molecule has 0 spiro atoms. The second-order valence-electron chi connectivity index (χ2n) is 5.92. The Morgan fingerprint density at radius 2 is 2.00 bits per heavy atom. The molecular weight excluding hydrogens is 244 g/mol. The van der Waals surface area contributed by atoms with Gasteiger partial charge in [0.05, 0.1) is 0 Å². The highest BCUT2D eigenvalue weighted by Gasteiger charge is 2.31. The number of anilines is 1. The standard InChI is InChI=1S/C15H23ClN2/c1-12-5-6-14(13(9-12)10-16)18-8-7-17(4)15(2,3)11-18/h5-6,9H,7-8,10-11H2,1-4H3. The Balaban J connectivity index is 2.27. The summed E-state index contributed by atoms with van der Waals surface area (Å²) in [7, 11) is 2.20. The first kappa shape index (κ1) is 13.7. The van der Waals surface area contributed by atoms with Crippen LogP contribution in [0.25, 0.3) is 0 Å². The summed E-state index contributed by atoms with van der Waals surface area (Å²) < 4.78 is 0. The van der Waals surface area contributed by atoms with E-state index in [4.69, 9.17) is 11.6 Å². The van der Waals surface area contributed by atoms with Gasteiger partial charge in [0.25, 0.3) is 0 Å². The van der Waals surface area contributed by atoms with Crippen molar-refractivity contribution < 1.29 is 0 Å². The van der Waals surface area contributed by atoms with Gasteiger partial charge in [-0.2, -0.15) is 0 Å². The molecule has 1 heterocycles. The third kappa shape index (κ3) is 2.65. The molecule has 1 saturated heterocycles. The molecule has 0 bridgehead atoms. The molecule has 0 saturated carbocycles. The van der Waals surface area contributed by atoms with Gasteiger partial charge in [-0.25, -0.2) is 0 Å². The van der Waals surface area contributed by atoms with E-state index in [2.05, 4.69) is 55.8 Å². The zero-order valence-corrected chi connectivity index (χ0v) is 12.6. The van der Waals surface area contributed by atoms with Gasteiger partial charge < -0.3 is 4.90 Å². The molecule has 1 aromatic carbocycles. The van der Waals surface area contributed by atoms with Crippen LogP contribution in [0.2, 0.25) is 0 Å². The van der Waals surface area contributed by atoms with E-state index in [1.165, 1.54) is 16.8 Å². The Hall–Kier alpha value is -0.730. The molecular formula is C15H23ClN2. The first-order valence-electron chi connectivity index (χ1n) is 6.56. The minimum absolute atomic E-state index is 0.215. The molecule has 0 aromatic heterocycles. The van der Waals surface area contributed by atoms with Crippen LogP contribution >= 0.6 is 11.6 Å². The maximum Gasteiger partial charge on any atom is 0.0494 e. The van der Waals surface area contributed by atoms with Crippen LogP contribution in [-0.4, -0.2) is 37.1 Å². The van der Waals surface area contributed by atoms with E-state index in [0.717, 1.165) is 19.6 Å². The summed E-state index contributed by atoms with van der Waals surface area (Å²) in [6.45, 7) is 9.95. The smallest absolute Gasteiger partial charge is 0.0494 e. The summed E-state index contributed by atoms with van der Waals surface area (Å²) in [4.78, 5) is 4.90. The fourth-order valence-electron chi connectivity index (χ4n) is 2.58. The van der Waals surface area contributed by atoms with Gasteiger partial charge in [0.1, 0.15) is 0 Å². The van der Waals surface area contributed by atoms with Crippen molar-refractivity contribution in [3.8, 4) is 0 Å². The summed E-state index contributed by atoms with van der Waals surface area (Å²) in [6, 6.07) is 6.60. The number of likely N-dealkylation sites (N-methyl/N-ethyl adjacent to an activating group) is 1. The Labute approximate surface area is 116 Å².